The van der Waals surface area contributed by atoms with Crippen LogP contribution < -0.4 is 9.80 Å². The summed E-state index contributed by atoms with van der Waals surface area (Å²) in [6, 6.07) is 4.57. The van der Waals surface area contributed by atoms with Gasteiger partial charge in [-0.3, -0.25) is 0 Å². The van der Waals surface area contributed by atoms with Crippen molar-refractivity contribution in [1.82, 2.24) is 20.2 Å². The van der Waals surface area contributed by atoms with Crippen molar-refractivity contribution in [1.29, 1.82) is 0 Å². The molecule has 0 amide bonds. The smallest absolute Gasteiger partial charge is 0.225 e. The first kappa shape index (κ1) is 16.2. The zero-order valence-corrected chi connectivity index (χ0v) is 15.5. The summed E-state index contributed by atoms with van der Waals surface area (Å²) in [5.41, 5.74) is 2.34. The summed E-state index contributed by atoms with van der Waals surface area (Å²) in [7, 11) is 2.07. The molecule has 6 nitrogen and oxygen atoms in total. The summed E-state index contributed by atoms with van der Waals surface area (Å²) >= 11 is 0. The maximum Gasteiger partial charge on any atom is 0.225 e. The van der Waals surface area contributed by atoms with Crippen molar-refractivity contribution in [2.75, 3.05) is 29.9 Å². The minimum atomic E-state index is 0.0349. The maximum absolute atomic E-state index is 4.55. The van der Waals surface area contributed by atoms with E-state index >= 15 is 0 Å². The van der Waals surface area contributed by atoms with Crippen molar-refractivity contribution in [2.24, 2.45) is 0 Å². The summed E-state index contributed by atoms with van der Waals surface area (Å²) < 4.78 is 0. The Hall–Kier alpha value is -2.24. The van der Waals surface area contributed by atoms with Gasteiger partial charge in [0, 0.05) is 37.9 Å². The highest BCUT2D eigenvalue weighted by Crippen LogP contribution is 2.39. The molecule has 0 aromatic carbocycles. The fourth-order valence-corrected chi connectivity index (χ4v) is 3.09. The Morgan fingerprint density at radius 1 is 1.04 bits per heavy atom. The fraction of sp³-hybridized carbons (Fsp3) is 0.579. The Balaban J connectivity index is 1.36. The quantitative estimate of drug-likeness (QED) is 0.854. The molecule has 3 heterocycles. The zero-order valence-electron chi connectivity index (χ0n) is 15.5. The molecule has 0 unspecified atom stereocenters. The predicted octanol–water partition coefficient (Wildman–Crippen LogP) is 2.77. The van der Waals surface area contributed by atoms with Crippen LogP contribution in [0.15, 0.2) is 24.5 Å². The molecule has 132 valence electrons. The third-order valence-electron chi connectivity index (χ3n) is 5.18. The number of likely N-dealkylation sites (N-methyl/N-ethyl adjacent to an activating group) is 1. The predicted molar refractivity (Wildman–Crippen MR) is 99.1 cm³/mol. The monoisotopic (exact) mass is 338 g/mol. The number of hydrogen-bond acceptors (Lipinski definition) is 6. The van der Waals surface area contributed by atoms with Crippen LogP contribution in [-0.4, -0.2) is 46.3 Å². The fourth-order valence-electron chi connectivity index (χ4n) is 3.09. The second kappa shape index (κ2) is 5.93. The van der Waals surface area contributed by atoms with Gasteiger partial charge in [-0.1, -0.05) is 20.8 Å². The summed E-state index contributed by atoms with van der Waals surface area (Å²) in [6.45, 7) is 8.31. The highest BCUT2D eigenvalue weighted by Gasteiger charge is 2.33. The summed E-state index contributed by atoms with van der Waals surface area (Å²) in [6.07, 6.45) is 6.55. The van der Waals surface area contributed by atoms with Crippen molar-refractivity contribution in [2.45, 2.75) is 51.0 Å². The topological polar surface area (TPSA) is 58.0 Å². The average molecular weight is 338 g/mol. The van der Waals surface area contributed by atoms with Crippen molar-refractivity contribution < 1.29 is 0 Å². The van der Waals surface area contributed by atoms with Crippen LogP contribution in [0, 0.1) is 0 Å². The normalized spacial score (nSPS) is 18.2. The molecule has 0 bridgehead atoms. The lowest BCUT2D eigenvalue weighted by Crippen LogP contribution is -2.59. The summed E-state index contributed by atoms with van der Waals surface area (Å²) in [5.74, 6) is 2.46. The Bertz CT molecular complexity index is 724. The minimum Gasteiger partial charge on any atom is -0.351 e. The largest absolute Gasteiger partial charge is 0.351 e. The van der Waals surface area contributed by atoms with E-state index in [-0.39, 0.29) is 5.41 Å². The summed E-state index contributed by atoms with van der Waals surface area (Å²) in [4.78, 5) is 13.5. The molecule has 2 aromatic heterocycles. The molecule has 1 saturated heterocycles. The lowest BCUT2D eigenvalue weighted by atomic mass is 9.92. The average Bonchev–Trinajstić information content (AvgIpc) is 3.38. The third kappa shape index (κ3) is 3.30. The van der Waals surface area contributed by atoms with Crippen LogP contribution in [0.1, 0.15) is 50.8 Å². The van der Waals surface area contributed by atoms with Gasteiger partial charge >= 0.3 is 0 Å². The second-order valence-electron chi connectivity index (χ2n) is 8.29. The van der Waals surface area contributed by atoms with Crippen molar-refractivity contribution in [3.63, 3.8) is 0 Å². The van der Waals surface area contributed by atoms with E-state index in [2.05, 4.69) is 69.9 Å². The van der Waals surface area contributed by atoms with Crippen LogP contribution in [0.3, 0.4) is 0 Å². The first-order valence-electron chi connectivity index (χ1n) is 9.06. The lowest BCUT2D eigenvalue weighted by molar-refractivity contribution is 0.482. The molecule has 1 aliphatic carbocycles. The molecule has 4 rings (SSSR count). The highest BCUT2D eigenvalue weighted by molar-refractivity contribution is 5.46. The lowest BCUT2D eigenvalue weighted by Gasteiger charge is -2.44. The Morgan fingerprint density at radius 2 is 1.72 bits per heavy atom. The minimum absolute atomic E-state index is 0.0349. The molecule has 1 saturated carbocycles. The molecule has 2 aromatic rings. The van der Waals surface area contributed by atoms with Crippen LogP contribution >= 0.6 is 0 Å². The molecular weight excluding hydrogens is 312 g/mol. The van der Waals surface area contributed by atoms with E-state index in [9.17, 15) is 0 Å². The molecule has 2 fully saturated rings. The first-order chi connectivity index (χ1) is 11.9. The number of rotatable bonds is 4. The Kier molecular flexibility index (Phi) is 3.85. The number of nitrogens with zero attached hydrogens (tertiary/aromatic N) is 6. The van der Waals surface area contributed by atoms with Gasteiger partial charge in [-0.15, -0.1) is 5.10 Å². The van der Waals surface area contributed by atoms with E-state index in [4.69, 9.17) is 0 Å². The van der Waals surface area contributed by atoms with E-state index < -0.39 is 0 Å². The third-order valence-corrected chi connectivity index (χ3v) is 5.18. The van der Waals surface area contributed by atoms with Crippen LogP contribution in [0.25, 0.3) is 0 Å². The Morgan fingerprint density at radius 3 is 2.24 bits per heavy atom. The summed E-state index contributed by atoms with van der Waals surface area (Å²) in [5, 5.41) is 8.78. The van der Waals surface area contributed by atoms with Crippen LogP contribution in [0.5, 0.6) is 0 Å². The van der Waals surface area contributed by atoms with Crippen molar-refractivity contribution in [3.05, 3.63) is 35.8 Å². The molecule has 2 aliphatic rings. The second-order valence-corrected chi connectivity index (χ2v) is 8.29. The van der Waals surface area contributed by atoms with Gasteiger partial charge in [0.2, 0.25) is 5.95 Å². The standard InChI is InChI=1S/C19H26N6/c1-19(2,3)16-7-8-17(23-22-16)25-11-15(12-25)24(4)18-20-9-14(10-21-18)13-5-6-13/h7-10,13,15H,5-6,11-12H2,1-4H3. The van der Waals surface area contributed by atoms with Gasteiger partial charge in [-0.2, -0.15) is 5.10 Å². The number of anilines is 2. The Labute approximate surface area is 149 Å². The van der Waals surface area contributed by atoms with Gasteiger partial charge in [0.05, 0.1) is 11.7 Å². The van der Waals surface area contributed by atoms with Gasteiger partial charge in [0.1, 0.15) is 0 Å². The van der Waals surface area contributed by atoms with Crippen LogP contribution in [-0.2, 0) is 5.41 Å². The van der Waals surface area contributed by atoms with Crippen molar-refractivity contribution in [3.8, 4) is 0 Å². The molecule has 0 atom stereocenters. The van der Waals surface area contributed by atoms with E-state index in [0.29, 0.717) is 12.0 Å². The van der Waals surface area contributed by atoms with Gasteiger partial charge < -0.3 is 9.80 Å². The number of hydrogen-bond donors (Lipinski definition) is 0. The molecule has 1 aliphatic heterocycles. The zero-order chi connectivity index (χ0) is 17.6. The van der Waals surface area contributed by atoms with Gasteiger partial charge in [0.25, 0.3) is 0 Å². The SMILES string of the molecule is CN(c1ncc(C2CC2)cn1)C1CN(c2ccc(C(C)(C)C)nn2)C1. The number of aromatic nitrogens is 4. The van der Waals surface area contributed by atoms with Crippen LogP contribution in [0.4, 0.5) is 11.8 Å². The first-order valence-corrected chi connectivity index (χ1v) is 9.06. The van der Waals surface area contributed by atoms with Gasteiger partial charge in [0.15, 0.2) is 5.82 Å². The molecule has 25 heavy (non-hydrogen) atoms. The van der Waals surface area contributed by atoms with E-state index in [0.717, 1.165) is 30.5 Å². The maximum atomic E-state index is 4.55. The van der Waals surface area contributed by atoms with E-state index in [1.807, 2.05) is 12.4 Å². The molecule has 0 N–H and O–H groups in total. The van der Waals surface area contributed by atoms with Gasteiger partial charge in [-0.25, -0.2) is 9.97 Å². The van der Waals surface area contributed by atoms with E-state index in [1.165, 1.54) is 18.4 Å². The molecule has 0 radical (unpaired) electrons. The molecule has 0 spiro atoms. The molecule has 6 heteroatoms. The van der Waals surface area contributed by atoms with E-state index in [1.54, 1.807) is 0 Å². The molecular formula is C19H26N6. The van der Waals surface area contributed by atoms with Gasteiger partial charge in [-0.05, 0) is 36.5 Å². The van der Waals surface area contributed by atoms with Crippen LogP contribution in [0.2, 0.25) is 0 Å². The highest BCUT2D eigenvalue weighted by atomic mass is 15.4. The van der Waals surface area contributed by atoms with Crippen molar-refractivity contribution >= 4 is 11.8 Å².